The summed E-state index contributed by atoms with van der Waals surface area (Å²) >= 11 is 0. The molecule has 0 bridgehead atoms. The maximum absolute atomic E-state index is 15.3. The fourth-order valence-corrected chi connectivity index (χ4v) is 3.15. The molecule has 5 nitrogen and oxygen atoms in total. The molecule has 2 aromatic carbocycles. The number of hydrogen-bond acceptors (Lipinski definition) is 4. The molecule has 0 saturated heterocycles. The number of hydrogen-bond donors (Lipinski definition) is 1. The molecule has 0 radical (unpaired) electrons. The van der Waals surface area contributed by atoms with Crippen molar-refractivity contribution in [3.63, 3.8) is 0 Å². The van der Waals surface area contributed by atoms with Gasteiger partial charge in [-0.25, -0.2) is 9.37 Å². The van der Waals surface area contributed by atoms with Gasteiger partial charge in [-0.3, -0.25) is 0 Å². The van der Waals surface area contributed by atoms with Crippen molar-refractivity contribution in [3.05, 3.63) is 59.9 Å². The van der Waals surface area contributed by atoms with E-state index < -0.39 is 0 Å². The lowest BCUT2D eigenvalue weighted by Crippen LogP contribution is -2.04. The van der Waals surface area contributed by atoms with Crippen molar-refractivity contribution in [2.45, 2.75) is 20.3 Å². The second kappa shape index (κ2) is 5.73. The van der Waals surface area contributed by atoms with Gasteiger partial charge in [0.25, 0.3) is 0 Å². The molecular formula is C19H17FN4O. The molecule has 126 valence electrons. The Morgan fingerprint density at radius 1 is 1.24 bits per heavy atom. The number of nitrogens with two attached hydrogens (primary N) is 1. The van der Waals surface area contributed by atoms with Gasteiger partial charge in [0.15, 0.2) is 11.4 Å². The number of aromatic nitrogens is 3. The van der Waals surface area contributed by atoms with E-state index in [-0.39, 0.29) is 5.82 Å². The highest BCUT2D eigenvalue weighted by Crippen LogP contribution is 2.32. The van der Waals surface area contributed by atoms with E-state index in [9.17, 15) is 0 Å². The molecule has 0 unspecified atom stereocenters. The van der Waals surface area contributed by atoms with Crippen molar-refractivity contribution < 1.29 is 8.91 Å². The third-order valence-electron chi connectivity index (χ3n) is 4.47. The van der Waals surface area contributed by atoms with Crippen molar-refractivity contribution in [2.75, 3.05) is 5.73 Å². The van der Waals surface area contributed by atoms with Gasteiger partial charge in [0.1, 0.15) is 11.6 Å². The third-order valence-corrected chi connectivity index (χ3v) is 4.47. The number of halogens is 1. The average Bonchev–Trinajstić information content (AvgIpc) is 3.20. The Balaban J connectivity index is 1.90. The molecule has 6 heteroatoms. The molecule has 0 amide bonds. The monoisotopic (exact) mass is 336 g/mol. The van der Waals surface area contributed by atoms with Crippen molar-refractivity contribution in [1.82, 2.24) is 14.7 Å². The van der Waals surface area contributed by atoms with Gasteiger partial charge < -0.3 is 14.8 Å². The fraction of sp³-hybridized carbons (Fsp3) is 0.158. The number of nitrogens with zero attached hydrogens (tertiary/aromatic N) is 3. The predicted molar refractivity (Wildman–Crippen MR) is 95.1 cm³/mol. The first-order valence-electron chi connectivity index (χ1n) is 8.07. The van der Waals surface area contributed by atoms with E-state index in [0.717, 1.165) is 17.1 Å². The highest BCUT2D eigenvalue weighted by Gasteiger charge is 2.16. The van der Waals surface area contributed by atoms with Crippen LogP contribution in [0.5, 0.6) is 0 Å². The number of anilines is 1. The van der Waals surface area contributed by atoms with Crippen LogP contribution in [0.2, 0.25) is 0 Å². The summed E-state index contributed by atoms with van der Waals surface area (Å²) in [6.07, 6.45) is 4.13. The minimum atomic E-state index is -0.234. The zero-order valence-corrected chi connectivity index (χ0v) is 14.0. The second-order valence-corrected chi connectivity index (χ2v) is 5.90. The summed E-state index contributed by atoms with van der Waals surface area (Å²) in [5.41, 5.74) is 9.13. The quantitative estimate of drug-likeness (QED) is 0.606. The van der Waals surface area contributed by atoms with Gasteiger partial charge >= 0.3 is 0 Å². The molecule has 2 aromatic heterocycles. The zero-order valence-electron chi connectivity index (χ0n) is 14.0. The Kier molecular flexibility index (Phi) is 3.53. The number of aryl methyl sites for hydroxylation is 1. The summed E-state index contributed by atoms with van der Waals surface area (Å²) in [5, 5.41) is 4.43. The first kappa shape index (κ1) is 15.4. The van der Waals surface area contributed by atoms with Gasteiger partial charge in [0.2, 0.25) is 0 Å². The van der Waals surface area contributed by atoms with Crippen LogP contribution < -0.4 is 5.73 Å². The number of imidazole rings is 1. The molecule has 0 atom stereocenters. The van der Waals surface area contributed by atoms with Crippen LogP contribution in [0.15, 0.2) is 47.2 Å². The summed E-state index contributed by atoms with van der Waals surface area (Å²) in [7, 11) is 0. The lowest BCUT2D eigenvalue weighted by atomic mass is 9.98. The Morgan fingerprint density at radius 3 is 2.80 bits per heavy atom. The molecule has 0 aliphatic carbocycles. The average molecular weight is 336 g/mol. The summed E-state index contributed by atoms with van der Waals surface area (Å²) in [6, 6.07) is 9.09. The van der Waals surface area contributed by atoms with Crippen LogP contribution in [-0.4, -0.2) is 14.7 Å². The number of rotatable bonds is 3. The minimum Gasteiger partial charge on any atom is -0.380 e. The molecule has 2 heterocycles. The van der Waals surface area contributed by atoms with Crippen LogP contribution in [0.4, 0.5) is 10.2 Å². The summed E-state index contributed by atoms with van der Waals surface area (Å²) in [5.74, 6) is 0.890. The largest absolute Gasteiger partial charge is 0.380 e. The van der Waals surface area contributed by atoms with Gasteiger partial charge in [-0.2, -0.15) is 0 Å². The van der Waals surface area contributed by atoms with Crippen molar-refractivity contribution >= 4 is 16.8 Å². The van der Waals surface area contributed by atoms with E-state index in [1.807, 2.05) is 36.7 Å². The fourth-order valence-electron chi connectivity index (χ4n) is 3.15. The van der Waals surface area contributed by atoms with E-state index in [2.05, 4.69) is 10.1 Å². The van der Waals surface area contributed by atoms with E-state index in [1.165, 1.54) is 0 Å². The van der Waals surface area contributed by atoms with Crippen LogP contribution in [0.1, 0.15) is 18.3 Å². The number of nitrogen functional groups attached to an aromatic ring is 1. The second-order valence-electron chi connectivity index (χ2n) is 5.90. The van der Waals surface area contributed by atoms with Crippen LogP contribution in [0.25, 0.3) is 27.8 Å². The standard InChI is InChI=1S/C19H17FN4O/c1-3-13-16(24-9-8-22-11(24)2)6-5-14(18(13)20)12-4-7-17-15(10-12)19(21)23-25-17/h4-10H,3H2,1-2H3,(H2,21,23). The normalized spacial score (nSPS) is 11.3. The molecule has 0 aliphatic heterocycles. The molecule has 0 saturated carbocycles. The van der Waals surface area contributed by atoms with E-state index >= 15 is 4.39 Å². The lowest BCUT2D eigenvalue weighted by Gasteiger charge is -2.15. The summed E-state index contributed by atoms with van der Waals surface area (Å²) < 4.78 is 22.3. The highest BCUT2D eigenvalue weighted by atomic mass is 19.1. The van der Waals surface area contributed by atoms with Gasteiger partial charge in [0, 0.05) is 23.5 Å². The van der Waals surface area contributed by atoms with Gasteiger partial charge in [-0.15, -0.1) is 0 Å². The Hall–Kier alpha value is -3.15. The first-order chi connectivity index (χ1) is 12.1. The van der Waals surface area contributed by atoms with Gasteiger partial charge in [-0.1, -0.05) is 18.1 Å². The predicted octanol–water partition coefficient (Wildman–Crippen LogP) is 4.27. The van der Waals surface area contributed by atoms with Crippen LogP contribution in [-0.2, 0) is 6.42 Å². The Morgan fingerprint density at radius 2 is 2.08 bits per heavy atom. The molecule has 0 spiro atoms. The highest BCUT2D eigenvalue weighted by molar-refractivity contribution is 5.91. The molecule has 0 fully saturated rings. The maximum Gasteiger partial charge on any atom is 0.174 e. The first-order valence-corrected chi connectivity index (χ1v) is 8.07. The van der Waals surface area contributed by atoms with Crippen LogP contribution >= 0.6 is 0 Å². The van der Waals surface area contributed by atoms with Crippen LogP contribution in [0.3, 0.4) is 0 Å². The Bertz CT molecular complexity index is 1080. The lowest BCUT2D eigenvalue weighted by molar-refractivity contribution is 0.460. The van der Waals surface area contributed by atoms with Gasteiger partial charge in [-0.05, 0) is 43.2 Å². The summed E-state index contributed by atoms with van der Waals surface area (Å²) in [4.78, 5) is 4.23. The number of fused-ring (bicyclic) bond motifs is 1. The van der Waals surface area contributed by atoms with E-state index in [1.54, 1.807) is 24.4 Å². The SMILES string of the molecule is CCc1c(-n2ccnc2C)ccc(-c2ccc3onc(N)c3c2)c1F. The number of benzene rings is 2. The van der Waals surface area contributed by atoms with Crippen molar-refractivity contribution in [1.29, 1.82) is 0 Å². The molecule has 4 aromatic rings. The van der Waals surface area contributed by atoms with Crippen molar-refractivity contribution in [2.24, 2.45) is 0 Å². The molecule has 25 heavy (non-hydrogen) atoms. The Labute approximate surface area is 143 Å². The smallest absolute Gasteiger partial charge is 0.174 e. The maximum atomic E-state index is 15.3. The van der Waals surface area contributed by atoms with Crippen LogP contribution in [0, 0.1) is 12.7 Å². The third kappa shape index (κ3) is 2.38. The zero-order chi connectivity index (χ0) is 17.6. The minimum absolute atomic E-state index is 0.234. The molecule has 2 N–H and O–H groups in total. The van der Waals surface area contributed by atoms with Gasteiger partial charge in [0.05, 0.1) is 11.1 Å². The van der Waals surface area contributed by atoms with E-state index in [4.69, 9.17) is 10.3 Å². The molecule has 0 aliphatic rings. The molecular weight excluding hydrogens is 319 g/mol. The topological polar surface area (TPSA) is 69.9 Å². The van der Waals surface area contributed by atoms with Crippen molar-refractivity contribution in [3.8, 4) is 16.8 Å². The van der Waals surface area contributed by atoms with E-state index in [0.29, 0.717) is 34.3 Å². The molecule has 4 rings (SSSR count). The summed E-state index contributed by atoms with van der Waals surface area (Å²) in [6.45, 7) is 3.84.